The maximum absolute atomic E-state index is 12.6. The van der Waals surface area contributed by atoms with Crippen LogP contribution < -0.4 is 5.32 Å². The maximum Gasteiger partial charge on any atom is 0.241 e. The van der Waals surface area contributed by atoms with E-state index in [-0.39, 0.29) is 12.2 Å². The van der Waals surface area contributed by atoms with E-state index >= 15 is 0 Å². The summed E-state index contributed by atoms with van der Waals surface area (Å²) in [6.45, 7) is 12.0. The van der Waals surface area contributed by atoms with E-state index in [2.05, 4.69) is 44.8 Å². The minimum absolute atomic E-state index is 0.0208. The van der Waals surface area contributed by atoms with Crippen LogP contribution in [0, 0.1) is 17.3 Å². The lowest BCUT2D eigenvalue weighted by Crippen LogP contribution is -2.46. The first-order valence-corrected chi connectivity index (χ1v) is 7.89. The lowest BCUT2D eigenvalue weighted by molar-refractivity contribution is -0.133. The molecular weight excluding hydrogens is 236 g/mol. The van der Waals surface area contributed by atoms with Gasteiger partial charge in [-0.3, -0.25) is 10.1 Å². The summed E-state index contributed by atoms with van der Waals surface area (Å²) in [5.41, 5.74) is 0.373. The number of amides is 1. The van der Waals surface area contributed by atoms with Crippen LogP contribution >= 0.6 is 0 Å². The van der Waals surface area contributed by atoms with E-state index in [4.69, 9.17) is 0 Å². The van der Waals surface area contributed by atoms with Crippen molar-refractivity contribution in [3.05, 3.63) is 0 Å². The lowest BCUT2D eigenvalue weighted by atomic mass is 9.70. The van der Waals surface area contributed by atoms with Gasteiger partial charge in [-0.1, -0.05) is 41.0 Å². The molecule has 3 heteroatoms. The zero-order valence-electron chi connectivity index (χ0n) is 13.2. The van der Waals surface area contributed by atoms with Crippen molar-refractivity contribution in [2.75, 3.05) is 6.54 Å². The van der Waals surface area contributed by atoms with Crippen molar-refractivity contribution in [3.63, 3.8) is 0 Å². The Kier molecular flexibility index (Phi) is 4.24. The predicted molar refractivity (Wildman–Crippen MR) is 78.7 cm³/mol. The number of nitrogens with zero attached hydrogens (tertiary/aromatic N) is 1. The van der Waals surface area contributed by atoms with Crippen molar-refractivity contribution < 1.29 is 4.79 Å². The third-order valence-corrected chi connectivity index (χ3v) is 4.77. The largest absolute Gasteiger partial charge is 0.325 e. The highest BCUT2D eigenvalue weighted by Gasteiger charge is 2.44. The number of nitrogens with one attached hydrogen (secondary N) is 1. The summed E-state index contributed by atoms with van der Waals surface area (Å²) < 4.78 is 0. The molecule has 1 amide bonds. The van der Waals surface area contributed by atoms with Gasteiger partial charge in [0.1, 0.15) is 0 Å². The van der Waals surface area contributed by atoms with Gasteiger partial charge in [-0.05, 0) is 36.5 Å². The van der Waals surface area contributed by atoms with E-state index in [1.54, 1.807) is 0 Å². The second kappa shape index (κ2) is 5.43. The van der Waals surface area contributed by atoms with Crippen LogP contribution in [0.2, 0.25) is 0 Å². The molecule has 0 radical (unpaired) electrons. The molecule has 1 saturated heterocycles. The summed E-state index contributed by atoms with van der Waals surface area (Å²) in [6, 6.07) is 0.0208. The molecule has 2 aliphatic rings. The minimum Gasteiger partial charge on any atom is -0.325 e. The van der Waals surface area contributed by atoms with E-state index in [9.17, 15) is 4.79 Å². The number of hydrogen-bond donors (Lipinski definition) is 1. The van der Waals surface area contributed by atoms with Crippen molar-refractivity contribution in [1.82, 2.24) is 10.2 Å². The van der Waals surface area contributed by atoms with Crippen LogP contribution in [0.4, 0.5) is 0 Å². The Morgan fingerprint density at radius 1 is 1.32 bits per heavy atom. The smallest absolute Gasteiger partial charge is 0.241 e. The molecule has 0 bridgehead atoms. The zero-order chi connectivity index (χ0) is 14.2. The highest BCUT2D eigenvalue weighted by Crippen LogP contribution is 2.42. The van der Waals surface area contributed by atoms with Crippen LogP contribution in [0.5, 0.6) is 0 Å². The Bertz CT molecular complexity index is 334. The molecule has 2 rings (SSSR count). The first-order valence-electron chi connectivity index (χ1n) is 7.89. The number of carbonyl (C=O) groups is 1. The van der Waals surface area contributed by atoms with Crippen LogP contribution in [-0.4, -0.2) is 29.6 Å². The van der Waals surface area contributed by atoms with Crippen LogP contribution in [0.3, 0.4) is 0 Å². The van der Waals surface area contributed by atoms with Gasteiger partial charge in [-0.25, -0.2) is 0 Å². The molecule has 1 aliphatic carbocycles. The standard InChI is InChI=1S/C16H30N2O/c1-11(2)9-13-17-14(12(3)4)15(19)18(13)10-16(5)7-6-8-16/h11-14,17H,6-10H2,1-5H3. The third kappa shape index (κ3) is 3.13. The van der Waals surface area contributed by atoms with Crippen LogP contribution in [0.1, 0.15) is 60.3 Å². The summed E-state index contributed by atoms with van der Waals surface area (Å²) in [5.74, 6) is 1.32. The topological polar surface area (TPSA) is 32.3 Å². The van der Waals surface area contributed by atoms with E-state index in [0.29, 0.717) is 23.2 Å². The van der Waals surface area contributed by atoms with E-state index < -0.39 is 0 Å². The molecule has 19 heavy (non-hydrogen) atoms. The van der Waals surface area contributed by atoms with Gasteiger partial charge in [0.25, 0.3) is 0 Å². The van der Waals surface area contributed by atoms with E-state index in [0.717, 1.165) is 13.0 Å². The Morgan fingerprint density at radius 2 is 1.95 bits per heavy atom. The van der Waals surface area contributed by atoms with Gasteiger partial charge >= 0.3 is 0 Å². The van der Waals surface area contributed by atoms with Crippen molar-refractivity contribution in [3.8, 4) is 0 Å². The fourth-order valence-electron chi connectivity index (χ4n) is 3.36. The molecule has 110 valence electrons. The predicted octanol–water partition coefficient (Wildman–Crippen LogP) is 3.01. The first kappa shape index (κ1) is 14.8. The molecule has 0 aromatic heterocycles. The van der Waals surface area contributed by atoms with Crippen LogP contribution in [-0.2, 0) is 4.79 Å². The van der Waals surface area contributed by atoms with Gasteiger partial charge in [0, 0.05) is 6.54 Å². The fourth-order valence-corrected chi connectivity index (χ4v) is 3.36. The zero-order valence-corrected chi connectivity index (χ0v) is 13.2. The maximum atomic E-state index is 12.6. The van der Waals surface area contributed by atoms with E-state index in [1.165, 1.54) is 19.3 Å². The van der Waals surface area contributed by atoms with Gasteiger partial charge in [0.05, 0.1) is 12.2 Å². The number of rotatable bonds is 5. The SMILES string of the molecule is CC(C)CC1NC(C(C)C)C(=O)N1CC1(C)CCC1. The summed E-state index contributed by atoms with van der Waals surface area (Å²) in [7, 11) is 0. The lowest BCUT2D eigenvalue weighted by Gasteiger charge is -2.42. The van der Waals surface area contributed by atoms with Crippen molar-refractivity contribution in [2.24, 2.45) is 17.3 Å². The Balaban J connectivity index is 2.08. The molecule has 3 nitrogen and oxygen atoms in total. The Morgan fingerprint density at radius 3 is 2.37 bits per heavy atom. The third-order valence-electron chi connectivity index (χ3n) is 4.77. The summed E-state index contributed by atoms with van der Waals surface area (Å²) in [6.07, 6.45) is 5.19. The molecule has 1 heterocycles. The highest BCUT2D eigenvalue weighted by atomic mass is 16.2. The molecule has 2 atom stereocenters. The van der Waals surface area contributed by atoms with Crippen LogP contribution in [0.25, 0.3) is 0 Å². The van der Waals surface area contributed by atoms with Crippen molar-refractivity contribution >= 4 is 5.91 Å². The van der Waals surface area contributed by atoms with E-state index in [1.807, 2.05) is 0 Å². The Labute approximate surface area is 118 Å². The number of hydrogen-bond acceptors (Lipinski definition) is 2. The van der Waals surface area contributed by atoms with Crippen molar-refractivity contribution in [2.45, 2.75) is 72.5 Å². The minimum atomic E-state index is 0.0208. The molecular formula is C16H30N2O. The molecule has 1 aliphatic heterocycles. The summed E-state index contributed by atoms with van der Waals surface area (Å²) in [4.78, 5) is 14.8. The van der Waals surface area contributed by atoms with Gasteiger partial charge in [-0.15, -0.1) is 0 Å². The molecule has 1 saturated carbocycles. The molecule has 1 N–H and O–H groups in total. The second-order valence-corrected chi connectivity index (χ2v) is 7.66. The van der Waals surface area contributed by atoms with Crippen molar-refractivity contribution in [1.29, 1.82) is 0 Å². The monoisotopic (exact) mass is 266 g/mol. The number of carbonyl (C=O) groups excluding carboxylic acids is 1. The average molecular weight is 266 g/mol. The quantitative estimate of drug-likeness (QED) is 0.829. The highest BCUT2D eigenvalue weighted by molar-refractivity contribution is 5.84. The van der Waals surface area contributed by atoms with Gasteiger partial charge < -0.3 is 4.90 Å². The van der Waals surface area contributed by atoms with Crippen LogP contribution in [0.15, 0.2) is 0 Å². The normalized spacial score (nSPS) is 30.3. The fraction of sp³-hybridized carbons (Fsp3) is 0.938. The average Bonchev–Trinajstić information content (AvgIpc) is 2.54. The Hall–Kier alpha value is -0.570. The molecule has 0 aromatic carbocycles. The second-order valence-electron chi connectivity index (χ2n) is 7.66. The van der Waals surface area contributed by atoms with Gasteiger partial charge in [0.2, 0.25) is 5.91 Å². The molecule has 0 aromatic rings. The summed E-state index contributed by atoms with van der Waals surface area (Å²) in [5, 5.41) is 3.57. The first-order chi connectivity index (χ1) is 8.82. The molecule has 2 unspecified atom stereocenters. The van der Waals surface area contributed by atoms with Gasteiger partial charge in [-0.2, -0.15) is 0 Å². The molecule has 2 fully saturated rings. The molecule has 0 spiro atoms. The summed E-state index contributed by atoms with van der Waals surface area (Å²) >= 11 is 0. The van der Waals surface area contributed by atoms with Gasteiger partial charge in [0.15, 0.2) is 0 Å².